The van der Waals surface area contributed by atoms with E-state index in [-0.39, 0.29) is 0 Å². The van der Waals surface area contributed by atoms with Gasteiger partial charge >= 0.3 is 6.08 Å². The average molecular weight is 125 g/mol. The number of carbonyl (C=O) groups excluding carboxylic acids is 1. The number of aliphatic imine (C=N–C) groups is 1. The van der Waals surface area contributed by atoms with Gasteiger partial charge in [0, 0.05) is 12.8 Å². The van der Waals surface area contributed by atoms with Gasteiger partial charge in [-0.1, -0.05) is 6.42 Å². The lowest BCUT2D eigenvalue weighted by atomic mass is 9.96. The summed E-state index contributed by atoms with van der Waals surface area (Å²) in [4.78, 5) is 13.5. The molecule has 1 radical (unpaired) electrons. The fourth-order valence-electron chi connectivity index (χ4n) is 1.28. The molecule has 2 nitrogen and oxygen atoms in total. The van der Waals surface area contributed by atoms with E-state index in [1.54, 1.807) is 6.08 Å². The summed E-state index contributed by atoms with van der Waals surface area (Å²) in [6.07, 6.45) is 7.57. The van der Waals surface area contributed by atoms with Gasteiger partial charge in [-0.25, -0.2) is 0 Å². The second kappa shape index (κ2) is 3.41. The first-order valence-electron chi connectivity index (χ1n) is 3.50. The summed E-state index contributed by atoms with van der Waals surface area (Å²) in [5.74, 6) is 0. The summed E-state index contributed by atoms with van der Waals surface area (Å²) in [6, 6.07) is 0.302. The molecule has 0 aromatic heterocycles. The number of nitrogens with zero attached hydrogens (tertiary/aromatic N) is 1. The maximum atomic E-state index is 9.78. The Kier molecular flexibility index (Phi) is 2.47. The molecule has 0 saturated heterocycles. The van der Waals surface area contributed by atoms with Crippen LogP contribution in [-0.2, 0) is 4.79 Å². The molecule has 1 fully saturated rings. The van der Waals surface area contributed by atoms with Crippen molar-refractivity contribution >= 4 is 6.08 Å². The Hall–Kier alpha value is -0.620. The predicted octanol–water partition coefficient (Wildman–Crippen LogP) is 0.991. The first kappa shape index (κ1) is 6.50. The second-order valence-electron chi connectivity index (χ2n) is 2.51. The SMILES string of the molecule is O=C=[N+]C1CCCCC1. The van der Waals surface area contributed by atoms with Crippen LogP contribution < -0.4 is 4.99 Å². The molecular formula is C7H11NO+. The molecule has 1 aliphatic rings. The highest BCUT2D eigenvalue weighted by molar-refractivity contribution is 5.31. The van der Waals surface area contributed by atoms with E-state index >= 15 is 0 Å². The van der Waals surface area contributed by atoms with Gasteiger partial charge in [-0.05, 0) is 12.8 Å². The van der Waals surface area contributed by atoms with Gasteiger partial charge in [0.15, 0.2) is 0 Å². The summed E-state index contributed by atoms with van der Waals surface area (Å²) in [5.41, 5.74) is 0. The summed E-state index contributed by atoms with van der Waals surface area (Å²) in [7, 11) is 0. The number of isocyanates is 1. The van der Waals surface area contributed by atoms with Crippen LogP contribution in [0.4, 0.5) is 0 Å². The van der Waals surface area contributed by atoms with E-state index in [0.29, 0.717) is 6.04 Å². The van der Waals surface area contributed by atoms with Gasteiger partial charge in [0.25, 0.3) is 0 Å². The fourth-order valence-corrected chi connectivity index (χ4v) is 1.28. The van der Waals surface area contributed by atoms with Crippen LogP contribution in [0.5, 0.6) is 0 Å². The third kappa shape index (κ3) is 1.98. The second-order valence-corrected chi connectivity index (χ2v) is 2.51. The third-order valence-corrected chi connectivity index (χ3v) is 1.81. The highest BCUT2D eigenvalue weighted by Gasteiger charge is 2.20. The molecule has 0 amide bonds. The van der Waals surface area contributed by atoms with Crippen LogP contribution in [0.1, 0.15) is 32.1 Å². The lowest BCUT2D eigenvalue weighted by Crippen LogP contribution is -2.16. The zero-order valence-electron chi connectivity index (χ0n) is 5.47. The van der Waals surface area contributed by atoms with Gasteiger partial charge in [-0.2, -0.15) is 4.79 Å². The van der Waals surface area contributed by atoms with Crippen LogP contribution in [0.25, 0.3) is 0 Å². The smallest absolute Gasteiger partial charge is 0.154 e. The highest BCUT2D eigenvalue weighted by Crippen LogP contribution is 2.16. The monoisotopic (exact) mass is 125 g/mol. The van der Waals surface area contributed by atoms with Gasteiger partial charge in [0.2, 0.25) is 6.04 Å². The van der Waals surface area contributed by atoms with E-state index in [0.717, 1.165) is 12.8 Å². The van der Waals surface area contributed by atoms with Crippen molar-refractivity contribution in [1.29, 1.82) is 0 Å². The lowest BCUT2D eigenvalue weighted by Gasteiger charge is -2.07. The van der Waals surface area contributed by atoms with Crippen LogP contribution in [0.3, 0.4) is 0 Å². The summed E-state index contributed by atoms with van der Waals surface area (Å²) < 4.78 is 0. The molecular weight excluding hydrogens is 114 g/mol. The first-order valence-corrected chi connectivity index (χ1v) is 3.50. The number of hydrogen-bond acceptors (Lipinski definition) is 2. The molecule has 9 heavy (non-hydrogen) atoms. The molecule has 1 aliphatic carbocycles. The summed E-state index contributed by atoms with van der Waals surface area (Å²) in [6.45, 7) is 0. The standard InChI is InChI=1S/C7H11NO/c9-6-8-7-4-2-1-3-5-7/h7H,1-5H2/q+1. The number of rotatable bonds is 1. The van der Waals surface area contributed by atoms with Crippen molar-refractivity contribution in [2.24, 2.45) is 0 Å². The zero-order valence-corrected chi connectivity index (χ0v) is 5.47. The summed E-state index contributed by atoms with van der Waals surface area (Å²) >= 11 is 0. The van der Waals surface area contributed by atoms with Crippen molar-refractivity contribution in [3.63, 3.8) is 0 Å². The molecule has 2 heteroatoms. The van der Waals surface area contributed by atoms with Crippen molar-refractivity contribution in [2.75, 3.05) is 0 Å². The molecule has 1 rings (SSSR count). The Bertz CT molecular complexity index is 121. The topological polar surface area (TPSA) is 31.2 Å². The zero-order chi connectivity index (χ0) is 6.53. The van der Waals surface area contributed by atoms with Crippen LogP contribution in [-0.4, -0.2) is 12.1 Å². The van der Waals surface area contributed by atoms with Gasteiger partial charge in [-0.3, -0.25) is 0 Å². The molecule has 0 atom stereocenters. The van der Waals surface area contributed by atoms with Gasteiger partial charge in [0.05, 0.1) is 0 Å². The Morgan fingerprint density at radius 3 is 2.44 bits per heavy atom. The van der Waals surface area contributed by atoms with Crippen molar-refractivity contribution in [3.8, 4) is 0 Å². The van der Waals surface area contributed by atoms with E-state index in [1.165, 1.54) is 19.3 Å². The van der Waals surface area contributed by atoms with E-state index in [4.69, 9.17) is 0 Å². The van der Waals surface area contributed by atoms with Crippen LogP contribution >= 0.6 is 0 Å². The van der Waals surface area contributed by atoms with Crippen molar-refractivity contribution in [1.82, 2.24) is 4.99 Å². The molecule has 0 aliphatic heterocycles. The Morgan fingerprint density at radius 2 is 1.89 bits per heavy atom. The molecule has 0 spiro atoms. The third-order valence-electron chi connectivity index (χ3n) is 1.81. The fraction of sp³-hybridized carbons (Fsp3) is 0.857. The van der Waals surface area contributed by atoms with Crippen LogP contribution in [0, 0.1) is 0 Å². The largest absolute Gasteiger partial charge is 0.496 e. The molecule has 0 aromatic carbocycles. The maximum absolute atomic E-state index is 9.78. The molecule has 1 saturated carbocycles. The van der Waals surface area contributed by atoms with Crippen molar-refractivity contribution < 1.29 is 4.79 Å². The van der Waals surface area contributed by atoms with Gasteiger partial charge < -0.3 is 0 Å². The van der Waals surface area contributed by atoms with Gasteiger partial charge in [0.1, 0.15) is 4.99 Å². The lowest BCUT2D eigenvalue weighted by molar-refractivity contribution is 0.417. The van der Waals surface area contributed by atoms with E-state index < -0.39 is 0 Å². The number of hydrogen-bond donors (Lipinski definition) is 0. The quantitative estimate of drug-likeness (QED) is 0.380. The van der Waals surface area contributed by atoms with Crippen LogP contribution in [0.15, 0.2) is 0 Å². The maximum Gasteiger partial charge on any atom is 0.496 e. The van der Waals surface area contributed by atoms with Gasteiger partial charge in [-0.15, -0.1) is 0 Å². The van der Waals surface area contributed by atoms with E-state index in [1.807, 2.05) is 0 Å². The Balaban J connectivity index is 2.31. The summed E-state index contributed by atoms with van der Waals surface area (Å²) in [5, 5.41) is 0. The molecule has 0 heterocycles. The normalized spacial score (nSPS) is 20.9. The Morgan fingerprint density at radius 1 is 1.22 bits per heavy atom. The van der Waals surface area contributed by atoms with Crippen molar-refractivity contribution in [3.05, 3.63) is 0 Å². The minimum atomic E-state index is 0.302. The molecule has 0 bridgehead atoms. The first-order chi connectivity index (χ1) is 4.43. The predicted molar refractivity (Wildman–Crippen MR) is 34.7 cm³/mol. The molecule has 49 valence electrons. The Labute approximate surface area is 55.0 Å². The molecule has 0 N–H and O–H groups in total. The van der Waals surface area contributed by atoms with E-state index in [9.17, 15) is 4.79 Å². The average Bonchev–Trinajstić information content (AvgIpc) is 1.91. The molecule has 0 unspecified atom stereocenters. The van der Waals surface area contributed by atoms with Crippen molar-refractivity contribution in [2.45, 2.75) is 38.1 Å². The van der Waals surface area contributed by atoms with Crippen LogP contribution in [0.2, 0.25) is 0 Å². The molecule has 0 aromatic rings. The highest BCUT2D eigenvalue weighted by atomic mass is 16.1. The minimum absolute atomic E-state index is 0.302. The minimum Gasteiger partial charge on any atom is -0.154 e. The van der Waals surface area contributed by atoms with E-state index in [2.05, 4.69) is 4.99 Å².